The minimum absolute atomic E-state index is 0.227. The molecule has 2 aromatic rings. The summed E-state index contributed by atoms with van der Waals surface area (Å²) in [5.74, 6) is 0.0729. The zero-order chi connectivity index (χ0) is 12.1. The minimum atomic E-state index is -0.735. The first-order chi connectivity index (χ1) is 8.27. The van der Waals surface area contributed by atoms with Crippen LogP contribution in [0, 0.1) is 0 Å². The van der Waals surface area contributed by atoms with Gasteiger partial charge in [0, 0.05) is 22.9 Å². The van der Waals surface area contributed by atoms with Crippen LogP contribution in [0.5, 0.6) is 0 Å². The number of carboxylic acids is 1. The Hall–Kier alpha value is -1.55. The molecule has 0 atom stereocenters. The molecule has 0 spiro atoms. The second-order valence-corrected chi connectivity index (χ2v) is 4.81. The summed E-state index contributed by atoms with van der Waals surface area (Å²) in [7, 11) is 0. The average molecular weight is 247 g/mol. The van der Waals surface area contributed by atoms with Crippen LogP contribution in [0.3, 0.4) is 0 Å². The zero-order valence-corrected chi connectivity index (χ0v) is 10.1. The summed E-state index contributed by atoms with van der Waals surface area (Å²) in [6.07, 6.45) is 2.69. The first-order valence-corrected chi connectivity index (χ1v) is 6.44. The number of para-hydroxylation sites is 1. The van der Waals surface area contributed by atoms with Crippen LogP contribution < -0.4 is 0 Å². The molecular formula is C13H13NO2S. The van der Waals surface area contributed by atoms with E-state index in [9.17, 15) is 4.79 Å². The van der Waals surface area contributed by atoms with Crippen molar-refractivity contribution in [2.45, 2.75) is 17.7 Å². The number of carboxylic acid groups (broad SMARTS) is 1. The van der Waals surface area contributed by atoms with E-state index in [4.69, 9.17) is 5.11 Å². The van der Waals surface area contributed by atoms with Crippen molar-refractivity contribution in [1.29, 1.82) is 0 Å². The number of rotatable bonds is 5. The van der Waals surface area contributed by atoms with Crippen molar-refractivity contribution >= 4 is 28.6 Å². The number of benzene rings is 1. The maximum atomic E-state index is 10.4. The molecule has 0 aliphatic heterocycles. The van der Waals surface area contributed by atoms with Crippen molar-refractivity contribution in [2.24, 2.45) is 0 Å². The molecule has 1 aromatic carbocycles. The predicted octanol–water partition coefficient (Wildman–Crippen LogP) is 3.19. The highest BCUT2D eigenvalue weighted by molar-refractivity contribution is 7.99. The summed E-state index contributed by atoms with van der Waals surface area (Å²) >= 11 is 1.67. The molecule has 0 aliphatic rings. The van der Waals surface area contributed by atoms with E-state index in [0.717, 1.165) is 21.6 Å². The molecule has 0 saturated carbocycles. The Bertz CT molecular complexity index is 522. The van der Waals surface area contributed by atoms with Gasteiger partial charge in [-0.2, -0.15) is 0 Å². The Balaban J connectivity index is 2.05. The smallest absolute Gasteiger partial charge is 0.303 e. The molecule has 0 radical (unpaired) electrons. The maximum absolute atomic E-state index is 10.4. The fourth-order valence-corrected chi connectivity index (χ4v) is 2.59. The summed E-state index contributed by atoms with van der Waals surface area (Å²) < 4.78 is 0. The fourth-order valence-electron chi connectivity index (χ4n) is 1.60. The van der Waals surface area contributed by atoms with E-state index in [0.29, 0.717) is 6.42 Å². The zero-order valence-electron chi connectivity index (χ0n) is 9.30. The average Bonchev–Trinajstić information content (AvgIpc) is 2.34. The van der Waals surface area contributed by atoms with E-state index < -0.39 is 5.97 Å². The van der Waals surface area contributed by atoms with E-state index in [-0.39, 0.29) is 6.42 Å². The molecule has 0 unspecified atom stereocenters. The van der Waals surface area contributed by atoms with Gasteiger partial charge in [0.25, 0.3) is 0 Å². The molecule has 2 rings (SSSR count). The normalized spacial score (nSPS) is 10.6. The van der Waals surface area contributed by atoms with Gasteiger partial charge in [0.1, 0.15) is 0 Å². The first kappa shape index (κ1) is 11.9. The third-order valence-electron chi connectivity index (χ3n) is 2.39. The number of fused-ring (bicyclic) bond motifs is 1. The highest BCUT2D eigenvalue weighted by atomic mass is 32.2. The molecule has 0 aliphatic carbocycles. The molecule has 0 amide bonds. The van der Waals surface area contributed by atoms with E-state index in [1.54, 1.807) is 18.0 Å². The molecule has 17 heavy (non-hydrogen) atoms. The molecule has 88 valence electrons. The van der Waals surface area contributed by atoms with Gasteiger partial charge in [-0.3, -0.25) is 9.78 Å². The molecule has 1 heterocycles. The van der Waals surface area contributed by atoms with E-state index in [1.807, 2.05) is 30.3 Å². The van der Waals surface area contributed by atoms with Gasteiger partial charge in [-0.25, -0.2) is 0 Å². The van der Waals surface area contributed by atoms with Gasteiger partial charge in [-0.15, -0.1) is 11.8 Å². The fraction of sp³-hybridized carbons (Fsp3) is 0.231. The van der Waals surface area contributed by atoms with Gasteiger partial charge < -0.3 is 5.11 Å². The summed E-state index contributed by atoms with van der Waals surface area (Å²) in [5.41, 5.74) is 0.996. The SMILES string of the molecule is O=C(O)CCCSc1cccc2cccnc12. The number of carbonyl (C=O) groups is 1. The Kier molecular flexibility index (Phi) is 3.98. The van der Waals surface area contributed by atoms with Gasteiger partial charge in [0.05, 0.1) is 5.52 Å². The topological polar surface area (TPSA) is 50.2 Å². The lowest BCUT2D eigenvalue weighted by Gasteiger charge is -2.04. The van der Waals surface area contributed by atoms with Gasteiger partial charge >= 0.3 is 5.97 Å². The standard InChI is InChI=1S/C13H13NO2S/c15-12(16)7-3-9-17-11-6-1-4-10-5-2-8-14-13(10)11/h1-2,4-6,8H,3,7,9H2,(H,15,16). The molecule has 3 nitrogen and oxygen atoms in total. The van der Waals surface area contributed by atoms with Gasteiger partial charge in [0.2, 0.25) is 0 Å². The third-order valence-corrected chi connectivity index (χ3v) is 3.52. The predicted molar refractivity (Wildman–Crippen MR) is 69.3 cm³/mol. The lowest BCUT2D eigenvalue weighted by atomic mass is 10.2. The Morgan fingerprint density at radius 3 is 2.94 bits per heavy atom. The maximum Gasteiger partial charge on any atom is 0.303 e. The van der Waals surface area contributed by atoms with Crippen molar-refractivity contribution in [3.63, 3.8) is 0 Å². The summed E-state index contributed by atoms with van der Waals surface area (Å²) in [6, 6.07) is 10.0. The lowest BCUT2D eigenvalue weighted by molar-refractivity contribution is -0.137. The van der Waals surface area contributed by atoms with Gasteiger partial charge in [0.15, 0.2) is 0 Å². The van der Waals surface area contributed by atoms with Crippen LogP contribution >= 0.6 is 11.8 Å². The summed E-state index contributed by atoms with van der Waals surface area (Å²) in [5, 5.41) is 9.68. The third kappa shape index (κ3) is 3.20. The molecular weight excluding hydrogens is 234 g/mol. The highest BCUT2D eigenvalue weighted by Crippen LogP contribution is 2.26. The van der Waals surface area contributed by atoms with Crippen LogP contribution in [0.2, 0.25) is 0 Å². The quantitative estimate of drug-likeness (QED) is 0.651. The number of pyridine rings is 1. The van der Waals surface area contributed by atoms with E-state index >= 15 is 0 Å². The summed E-state index contributed by atoms with van der Waals surface area (Å²) in [4.78, 5) is 15.9. The first-order valence-electron chi connectivity index (χ1n) is 5.46. The number of hydrogen-bond donors (Lipinski definition) is 1. The van der Waals surface area contributed by atoms with E-state index in [2.05, 4.69) is 4.98 Å². The number of thioether (sulfide) groups is 1. The Labute approximate surface area is 104 Å². The summed E-state index contributed by atoms with van der Waals surface area (Å²) in [6.45, 7) is 0. The number of nitrogens with zero attached hydrogens (tertiary/aromatic N) is 1. The van der Waals surface area contributed by atoms with Crippen LogP contribution in [-0.2, 0) is 4.79 Å². The van der Waals surface area contributed by atoms with E-state index in [1.165, 1.54) is 0 Å². The second-order valence-electron chi connectivity index (χ2n) is 3.68. The number of aliphatic carboxylic acids is 1. The van der Waals surface area contributed by atoms with Crippen molar-refractivity contribution in [2.75, 3.05) is 5.75 Å². The second kappa shape index (κ2) is 5.68. The van der Waals surface area contributed by atoms with Crippen molar-refractivity contribution in [1.82, 2.24) is 4.98 Å². The molecule has 0 bridgehead atoms. The van der Waals surface area contributed by atoms with Gasteiger partial charge in [-0.1, -0.05) is 18.2 Å². The Morgan fingerprint density at radius 2 is 2.12 bits per heavy atom. The molecule has 4 heteroatoms. The molecule has 0 saturated heterocycles. The molecule has 1 aromatic heterocycles. The van der Waals surface area contributed by atoms with Crippen LogP contribution in [0.15, 0.2) is 41.4 Å². The monoisotopic (exact) mass is 247 g/mol. The minimum Gasteiger partial charge on any atom is -0.481 e. The van der Waals surface area contributed by atoms with Gasteiger partial charge in [-0.05, 0) is 24.3 Å². The van der Waals surface area contributed by atoms with Crippen LogP contribution in [0.1, 0.15) is 12.8 Å². The molecule has 1 N–H and O–H groups in total. The van der Waals surface area contributed by atoms with Crippen molar-refractivity contribution in [3.05, 3.63) is 36.5 Å². The highest BCUT2D eigenvalue weighted by Gasteiger charge is 2.03. The number of hydrogen-bond acceptors (Lipinski definition) is 3. The van der Waals surface area contributed by atoms with Crippen LogP contribution in [-0.4, -0.2) is 21.8 Å². The number of aromatic nitrogens is 1. The Morgan fingerprint density at radius 1 is 1.29 bits per heavy atom. The largest absolute Gasteiger partial charge is 0.481 e. The van der Waals surface area contributed by atoms with Crippen molar-refractivity contribution < 1.29 is 9.90 Å². The lowest BCUT2D eigenvalue weighted by Crippen LogP contribution is -1.94. The van der Waals surface area contributed by atoms with Crippen LogP contribution in [0.25, 0.3) is 10.9 Å². The van der Waals surface area contributed by atoms with Crippen molar-refractivity contribution in [3.8, 4) is 0 Å². The molecule has 0 fully saturated rings. The van der Waals surface area contributed by atoms with Crippen LogP contribution in [0.4, 0.5) is 0 Å².